The molecule has 15 heavy (non-hydrogen) atoms. The Morgan fingerprint density at radius 2 is 1.87 bits per heavy atom. The summed E-state index contributed by atoms with van der Waals surface area (Å²) in [6.45, 7) is 5.77. The standard InChI is InChI=1S/C11H20N2O2/c1-4-12(3)11(15)10-5-7-13(8-6-10)9(2)14/h10H,4-8H2,1-3H3. The van der Waals surface area contributed by atoms with Crippen LogP contribution < -0.4 is 0 Å². The third kappa shape index (κ3) is 2.94. The molecule has 0 aromatic heterocycles. The van der Waals surface area contributed by atoms with Gasteiger partial charge in [0.2, 0.25) is 11.8 Å². The number of carbonyl (C=O) groups is 2. The smallest absolute Gasteiger partial charge is 0.225 e. The van der Waals surface area contributed by atoms with Crippen LogP contribution in [0.5, 0.6) is 0 Å². The van der Waals surface area contributed by atoms with Gasteiger partial charge in [-0.05, 0) is 19.8 Å². The van der Waals surface area contributed by atoms with Crippen LogP contribution in [-0.4, -0.2) is 48.3 Å². The maximum Gasteiger partial charge on any atom is 0.225 e. The predicted octanol–water partition coefficient (Wildman–Crippen LogP) is 0.723. The number of hydrogen-bond acceptors (Lipinski definition) is 2. The summed E-state index contributed by atoms with van der Waals surface area (Å²) in [6, 6.07) is 0. The number of nitrogens with zero attached hydrogens (tertiary/aromatic N) is 2. The molecule has 1 heterocycles. The topological polar surface area (TPSA) is 40.6 Å². The molecule has 4 heteroatoms. The molecule has 2 amide bonds. The molecule has 1 rings (SSSR count). The molecule has 4 nitrogen and oxygen atoms in total. The van der Waals surface area contributed by atoms with Gasteiger partial charge in [-0.15, -0.1) is 0 Å². The highest BCUT2D eigenvalue weighted by Gasteiger charge is 2.27. The summed E-state index contributed by atoms with van der Waals surface area (Å²) in [6.07, 6.45) is 1.62. The second-order valence-electron chi connectivity index (χ2n) is 4.13. The van der Waals surface area contributed by atoms with E-state index in [9.17, 15) is 9.59 Å². The zero-order chi connectivity index (χ0) is 11.4. The fraction of sp³-hybridized carbons (Fsp3) is 0.818. The van der Waals surface area contributed by atoms with Gasteiger partial charge >= 0.3 is 0 Å². The monoisotopic (exact) mass is 212 g/mol. The zero-order valence-electron chi connectivity index (χ0n) is 9.82. The number of rotatable bonds is 2. The van der Waals surface area contributed by atoms with E-state index in [1.807, 2.05) is 18.9 Å². The molecule has 1 aliphatic rings. The van der Waals surface area contributed by atoms with E-state index < -0.39 is 0 Å². The summed E-state index contributed by atoms with van der Waals surface area (Å²) in [4.78, 5) is 26.5. The van der Waals surface area contributed by atoms with Crippen molar-refractivity contribution >= 4 is 11.8 Å². The van der Waals surface area contributed by atoms with Gasteiger partial charge in [0.25, 0.3) is 0 Å². The lowest BCUT2D eigenvalue weighted by Crippen LogP contribution is -2.42. The van der Waals surface area contributed by atoms with Gasteiger partial charge in [-0.3, -0.25) is 9.59 Å². The lowest BCUT2D eigenvalue weighted by molar-refractivity contribution is -0.138. The number of likely N-dealkylation sites (tertiary alicyclic amines) is 1. The molecule has 0 spiro atoms. The molecule has 0 radical (unpaired) electrons. The highest BCUT2D eigenvalue weighted by molar-refractivity contribution is 5.79. The van der Waals surface area contributed by atoms with Crippen molar-refractivity contribution in [3.8, 4) is 0 Å². The molecule has 0 aromatic carbocycles. The summed E-state index contributed by atoms with van der Waals surface area (Å²) >= 11 is 0. The third-order valence-corrected chi connectivity index (χ3v) is 3.14. The second kappa shape index (κ2) is 5.14. The number of amides is 2. The van der Waals surface area contributed by atoms with Crippen LogP contribution in [0.2, 0.25) is 0 Å². The number of hydrogen-bond donors (Lipinski definition) is 0. The van der Waals surface area contributed by atoms with E-state index in [0.29, 0.717) is 0 Å². The van der Waals surface area contributed by atoms with E-state index in [4.69, 9.17) is 0 Å². The lowest BCUT2D eigenvalue weighted by atomic mass is 9.95. The fourth-order valence-corrected chi connectivity index (χ4v) is 1.91. The molecule has 1 fully saturated rings. The molecule has 0 atom stereocenters. The van der Waals surface area contributed by atoms with Crippen molar-refractivity contribution in [3.05, 3.63) is 0 Å². The minimum Gasteiger partial charge on any atom is -0.346 e. The van der Waals surface area contributed by atoms with Crippen molar-refractivity contribution in [1.29, 1.82) is 0 Å². The largest absolute Gasteiger partial charge is 0.346 e. The molecule has 1 aliphatic heterocycles. The Balaban J connectivity index is 2.43. The summed E-state index contributed by atoms with van der Waals surface area (Å²) in [7, 11) is 1.83. The maximum atomic E-state index is 11.8. The molecule has 0 saturated carbocycles. The van der Waals surface area contributed by atoms with Gasteiger partial charge in [0, 0.05) is 39.5 Å². The maximum absolute atomic E-state index is 11.8. The first-order valence-corrected chi connectivity index (χ1v) is 5.56. The van der Waals surface area contributed by atoms with Gasteiger partial charge in [0.15, 0.2) is 0 Å². The Kier molecular flexibility index (Phi) is 4.12. The van der Waals surface area contributed by atoms with Crippen molar-refractivity contribution in [3.63, 3.8) is 0 Å². The summed E-state index contributed by atoms with van der Waals surface area (Å²) < 4.78 is 0. The van der Waals surface area contributed by atoms with E-state index in [0.717, 1.165) is 32.5 Å². The first-order valence-electron chi connectivity index (χ1n) is 5.56. The van der Waals surface area contributed by atoms with Crippen LogP contribution in [0.25, 0.3) is 0 Å². The normalized spacial score (nSPS) is 17.7. The Labute approximate surface area is 91.2 Å². The minimum absolute atomic E-state index is 0.116. The Morgan fingerprint density at radius 3 is 2.27 bits per heavy atom. The average molecular weight is 212 g/mol. The highest BCUT2D eigenvalue weighted by atomic mass is 16.2. The highest BCUT2D eigenvalue weighted by Crippen LogP contribution is 2.19. The summed E-state index contributed by atoms with van der Waals surface area (Å²) in [5, 5.41) is 0. The Hall–Kier alpha value is -1.06. The molecule has 0 bridgehead atoms. The SMILES string of the molecule is CCN(C)C(=O)C1CCN(C(C)=O)CC1. The van der Waals surface area contributed by atoms with Crippen molar-refractivity contribution in [2.45, 2.75) is 26.7 Å². The Bertz CT molecular complexity index is 245. The van der Waals surface area contributed by atoms with Gasteiger partial charge in [-0.25, -0.2) is 0 Å². The van der Waals surface area contributed by atoms with Crippen LogP contribution >= 0.6 is 0 Å². The van der Waals surface area contributed by atoms with E-state index in [2.05, 4.69) is 0 Å². The van der Waals surface area contributed by atoms with Crippen LogP contribution in [0.3, 0.4) is 0 Å². The molecule has 0 unspecified atom stereocenters. The fourth-order valence-electron chi connectivity index (χ4n) is 1.91. The average Bonchev–Trinajstić information content (AvgIpc) is 2.27. The van der Waals surface area contributed by atoms with Crippen molar-refractivity contribution in [1.82, 2.24) is 9.80 Å². The van der Waals surface area contributed by atoms with Gasteiger partial charge in [0.05, 0.1) is 0 Å². The van der Waals surface area contributed by atoms with Crippen molar-refractivity contribution in [2.75, 3.05) is 26.7 Å². The van der Waals surface area contributed by atoms with Gasteiger partial charge in [0.1, 0.15) is 0 Å². The molecule has 0 aliphatic carbocycles. The molecule has 0 N–H and O–H groups in total. The molecule has 0 aromatic rings. The Morgan fingerprint density at radius 1 is 1.33 bits per heavy atom. The van der Waals surface area contributed by atoms with Gasteiger partial charge in [-0.2, -0.15) is 0 Å². The predicted molar refractivity (Wildman–Crippen MR) is 58.3 cm³/mol. The number of piperidine rings is 1. The first-order chi connectivity index (χ1) is 7.06. The van der Waals surface area contributed by atoms with Crippen LogP contribution in [0.4, 0.5) is 0 Å². The summed E-state index contributed by atoms with van der Waals surface area (Å²) in [5.74, 6) is 0.455. The second-order valence-corrected chi connectivity index (χ2v) is 4.13. The van der Waals surface area contributed by atoms with E-state index in [-0.39, 0.29) is 17.7 Å². The van der Waals surface area contributed by atoms with Crippen LogP contribution in [0, 0.1) is 5.92 Å². The van der Waals surface area contributed by atoms with Gasteiger partial charge in [-0.1, -0.05) is 0 Å². The number of carbonyl (C=O) groups excluding carboxylic acids is 2. The molecule has 86 valence electrons. The van der Waals surface area contributed by atoms with E-state index in [1.54, 1.807) is 11.8 Å². The molecule has 1 saturated heterocycles. The van der Waals surface area contributed by atoms with Crippen LogP contribution in [0.1, 0.15) is 26.7 Å². The van der Waals surface area contributed by atoms with Crippen LogP contribution in [-0.2, 0) is 9.59 Å². The summed E-state index contributed by atoms with van der Waals surface area (Å²) in [5.41, 5.74) is 0. The minimum atomic E-state index is 0.116. The first kappa shape index (κ1) is 12.0. The van der Waals surface area contributed by atoms with Crippen molar-refractivity contribution in [2.24, 2.45) is 5.92 Å². The molecular weight excluding hydrogens is 192 g/mol. The van der Waals surface area contributed by atoms with E-state index in [1.165, 1.54) is 0 Å². The van der Waals surface area contributed by atoms with Gasteiger partial charge < -0.3 is 9.80 Å². The van der Waals surface area contributed by atoms with E-state index >= 15 is 0 Å². The third-order valence-electron chi connectivity index (χ3n) is 3.14. The quantitative estimate of drug-likeness (QED) is 0.677. The van der Waals surface area contributed by atoms with Crippen LogP contribution in [0.15, 0.2) is 0 Å². The van der Waals surface area contributed by atoms with Crippen molar-refractivity contribution < 1.29 is 9.59 Å². The molecular formula is C11H20N2O2. The zero-order valence-corrected chi connectivity index (χ0v) is 9.82. The lowest BCUT2D eigenvalue weighted by Gasteiger charge is -2.32.